The van der Waals surface area contributed by atoms with Gasteiger partial charge < -0.3 is 20.4 Å². The number of piperidine rings is 1. The number of rotatable bonds is 5. The number of nitrogens with one attached hydrogen (secondary N) is 2. The quantitative estimate of drug-likeness (QED) is 0.583. The van der Waals surface area contributed by atoms with Gasteiger partial charge in [0.2, 0.25) is 5.91 Å². The minimum Gasteiger partial charge on any atom is -0.359 e. The molecule has 2 aliphatic heterocycles. The van der Waals surface area contributed by atoms with E-state index in [1.807, 2.05) is 0 Å². The van der Waals surface area contributed by atoms with Gasteiger partial charge in [0.15, 0.2) is 5.96 Å². The van der Waals surface area contributed by atoms with Crippen molar-refractivity contribution in [1.29, 1.82) is 0 Å². The van der Waals surface area contributed by atoms with Gasteiger partial charge in [-0.2, -0.15) is 0 Å². The van der Waals surface area contributed by atoms with Crippen molar-refractivity contribution in [2.75, 3.05) is 46.8 Å². The molecule has 0 aromatic heterocycles. The molecule has 0 bridgehead atoms. The molecule has 0 aromatic rings. The maximum atomic E-state index is 11.5. The van der Waals surface area contributed by atoms with E-state index >= 15 is 0 Å². The van der Waals surface area contributed by atoms with Gasteiger partial charge in [-0.1, -0.05) is 0 Å². The van der Waals surface area contributed by atoms with Gasteiger partial charge in [-0.3, -0.25) is 9.79 Å². The third-order valence-corrected chi connectivity index (χ3v) is 5.13. The van der Waals surface area contributed by atoms with Gasteiger partial charge in [-0.05, 0) is 52.1 Å². The fourth-order valence-electron chi connectivity index (χ4n) is 3.54. The van der Waals surface area contributed by atoms with Crippen LogP contribution in [0.2, 0.25) is 0 Å². The molecule has 1 amide bonds. The molecule has 0 saturated carbocycles. The topological polar surface area (TPSA) is 60.0 Å². The number of carbonyl (C=O) groups is 1. The molecule has 23 heavy (non-hydrogen) atoms. The SMILES string of the molecule is CCNC(=NCC1CCCN1C)N1CCC(CC(=O)NC)CC1. The summed E-state index contributed by atoms with van der Waals surface area (Å²) in [5.41, 5.74) is 0. The summed E-state index contributed by atoms with van der Waals surface area (Å²) in [6, 6.07) is 0.592. The van der Waals surface area contributed by atoms with Crippen molar-refractivity contribution in [3.63, 3.8) is 0 Å². The number of hydrogen-bond donors (Lipinski definition) is 2. The number of nitrogens with zero attached hydrogens (tertiary/aromatic N) is 3. The lowest BCUT2D eigenvalue weighted by Crippen LogP contribution is -2.46. The van der Waals surface area contributed by atoms with E-state index in [4.69, 9.17) is 4.99 Å². The van der Waals surface area contributed by atoms with E-state index in [-0.39, 0.29) is 5.91 Å². The Hall–Kier alpha value is -1.30. The predicted octanol–water partition coefficient (Wildman–Crippen LogP) is 0.894. The molecular formula is C17H33N5O. The first-order valence-electron chi connectivity index (χ1n) is 9.08. The molecule has 0 spiro atoms. The Bertz CT molecular complexity index is 404. The number of hydrogen-bond acceptors (Lipinski definition) is 3. The van der Waals surface area contributed by atoms with Crippen LogP contribution >= 0.6 is 0 Å². The van der Waals surface area contributed by atoms with E-state index in [0.29, 0.717) is 18.4 Å². The molecule has 1 atom stereocenters. The van der Waals surface area contributed by atoms with Crippen molar-refractivity contribution in [2.24, 2.45) is 10.9 Å². The molecule has 6 nitrogen and oxygen atoms in total. The molecule has 2 saturated heterocycles. The van der Waals surface area contributed by atoms with E-state index in [2.05, 4.69) is 34.4 Å². The minimum atomic E-state index is 0.160. The number of aliphatic imine (C=N–C) groups is 1. The normalized spacial score (nSPS) is 24.0. The van der Waals surface area contributed by atoms with Crippen molar-refractivity contribution in [1.82, 2.24) is 20.4 Å². The summed E-state index contributed by atoms with van der Waals surface area (Å²) in [7, 11) is 3.91. The van der Waals surface area contributed by atoms with Crippen LogP contribution in [0.3, 0.4) is 0 Å². The van der Waals surface area contributed by atoms with E-state index in [9.17, 15) is 4.79 Å². The lowest BCUT2D eigenvalue weighted by molar-refractivity contribution is -0.121. The van der Waals surface area contributed by atoms with Gasteiger partial charge >= 0.3 is 0 Å². The second-order valence-electron chi connectivity index (χ2n) is 6.78. The van der Waals surface area contributed by atoms with Crippen LogP contribution in [0, 0.1) is 5.92 Å². The van der Waals surface area contributed by atoms with Gasteiger partial charge in [-0.15, -0.1) is 0 Å². The van der Waals surface area contributed by atoms with Gasteiger partial charge in [0, 0.05) is 39.1 Å². The van der Waals surface area contributed by atoms with Crippen molar-refractivity contribution in [3.8, 4) is 0 Å². The average molecular weight is 323 g/mol. The highest BCUT2D eigenvalue weighted by Gasteiger charge is 2.24. The van der Waals surface area contributed by atoms with Crippen molar-refractivity contribution in [2.45, 2.75) is 45.1 Å². The molecule has 0 aromatic carbocycles. The summed E-state index contributed by atoms with van der Waals surface area (Å²) in [4.78, 5) is 21.2. The number of guanidine groups is 1. The minimum absolute atomic E-state index is 0.160. The van der Waals surface area contributed by atoms with Crippen LogP contribution in [0.1, 0.15) is 39.0 Å². The maximum absolute atomic E-state index is 11.5. The van der Waals surface area contributed by atoms with Gasteiger partial charge in [0.25, 0.3) is 0 Å². The Morgan fingerprint density at radius 2 is 1.96 bits per heavy atom. The smallest absolute Gasteiger partial charge is 0.220 e. The summed E-state index contributed by atoms with van der Waals surface area (Å²) in [5, 5.41) is 6.16. The first-order valence-corrected chi connectivity index (χ1v) is 9.08. The van der Waals surface area contributed by atoms with Crippen LogP contribution in [-0.2, 0) is 4.79 Å². The Morgan fingerprint density at radius 1 is 1.22 bits per heavy atom. The Balaban J connectivity index is 1.85. The Labute approximate surface area is 140 Å². The molecule has 6 heteroatoms. The Kier molecular flexibility index (Phi) is 7.15. The summed E-state index contributed by atoms with van der Waals surface area (Å²) >= 11 is 0. The second-order valence-corrected chi connectivity index (χ2v) is 6.78. The van der Waals surface area contributed by atoms with Crippen molar-refractivity contribution < 1.29 is 4.79 Å². The van der Waals surface area contributed by atoms with Crippen LogP contribution in [0.15, 0.2) is 4.99 Å². The zero-order valence-corrected chi connectivity index (χ0v) is 15.0. The van der Waals surface area contributed by atoms with E-state index < -0.39 is 0 Å². The monoisotopic (exact) mass is 323 g/mol. The summed E-state index contributed by atoms with van der Waals surface area (Å²) in [6.07, 6.45) is 5.35. The molecule has 2 heterocycles. The number of likely N-dealkylation sites (N-methyl/N-ethyl adjacent to an activating group) is 1. The zero-order chi connectivity index (χ0) is 16.7. The standard InChI is InChI=1S/C17H33N5O/c1-4-19-17(20-13-15-6-5-9-21(15)3)22-10-7-14(8-11-22)12-16(23)18-2/h14-15H,4-13H2,1-3H3,(H,18,23)(H,19,20). The number of amides is 1. The largest absolute Gasteiger partial charge is 0.359 e. The molecule has 2 N–H and O–H groups in total. The molecule has 0 aliphatic carbocycles. The highest BCUT2D eigenvalue weighted by Crippen LogP contribution is 2.21. The highest BCUT2D eigenvalue weighted by atomic mass is 16.1. The fraction of sp³-hybridized carbons (Fsp3) is 0.882. The van der Waals surface area contributed by atoms with Gasteiger partial charge in [0.1, 0.15) is 0 Å². The second kappa shape index (κ2) is 9.11. The third-order valence-electron chi connectivity index (χ3n) is 5.13. The fourth-order valence-corrected chi connectivity index (χ4v) is 3.54. The molecule has 132 valence electrons. The predicted molar refractivity (Wildman–Crippen MR) is 94.6 cm³/mol. The lowest BCUT2D eigenvalue weighted by Gasteiger charge is -2.34. The number of carbonyl (C=O) groups excluding carboxylic acids is 1. The highest BCUT2D eigenvalue weighted by molar-refractivity contribution is 5.80. The molecule has 2 fully saturated rings. The van der Waals surface area contributed by atoms with Crippen molar-refractivity contribution in [3.05, 3.63) is 0 Å². The van der Waals surface area contributed by atoms with E-state index in [0.717, 1.165) is 45.0 Å². The number of likely N-dealkylation sites (tertiary alicyclic amines) is 2. The van der Waals surface area contributed by atoms with Crippen LogP contribution in [-0.4, -0.2) is 74.5 Å². The van der Waals surface area contributed by atoms with E-state index in [1.54, 1.807) is 7.05 Å². The van der Waals surface area contributed by atoms with Crippen molar-refractivity contribution >= 4 is 11.9 Å². The summed E-state index contributed by atoms with van der Waals surface area (Å²) < 4.78 is 0. The van der Waals surface area contributed by atoms with Gasteiger partial charge in [-0.25, -0.2) is 0 Å². The molecule has 0 radical (unpaired) electrons. The van der Waals surface area contributed by atoms with Crippen LogP contribution < -0.4 is 10.6 Å². The summed E-state index contributed by atoms with van der Waals surface area (Å²) in [6.45, 7) is 7.09. The van der Waals surface area contributed by atoms with Crippen LogP contribution in [0.5, 0.6) is 0 Å². The lowest BCUT2D eigenvalue weighted by atomic mass is 9.93. The Morgan fingerprint density at radius 3 is 2.52 bits per heavy atom. The first kappa shape index (κ1) is 18.0. The third kappa shape index (κ3) is 5.37. The van der Waals surface area contributed by atoms with Crippen LogP contribution in [0.25, 0.3) is 0 Å². The molecule has 2 aliphatic rings. The van der Waals surface area contributed by atoms with Crippen LogP contribution in [0.4, 0.5) is 0 Å². The van der Waals surface area contributed by atoms with Gasteiger partial charge in [0.05, 0.1) is 6.54 Å². The first-order chi connectivity index (χ1) is 11.1. The summed E-state index contributed by atoms with van der Waals surface area (Å²) in [5.74, 6) is 1.72. The van der Waals surface area contributed by atoms with E-state index in [1.165, 1.54) is 19.4 Å². The average Bonchev–Trinajstić information content (AvgIpc) is 2.97. The zero-order valence-electron chi connectivity index (χ0n) is 15.0. The molecular weight excluding hydrogens is 290 g/mol. The molecule has 2 rings (SSSR count). The maximum Gasteiger partial charge on any atom is 0.220 e. The molecule has 1 unspecified atom stereocenters.